The van der Waals surface area contributed by atoms with Crippen LogP contribution in [0.5, 0.6) is 11.5 Å². The van der Waals surface area contributed by atoms with Crippen LogP contribution in [0.1, 0.15) is 28.2 Å². The van der Waals surface area contributed by atoms with Gasteiger partial charge in [-0.05, 0) is 49.8 Å². The molecule has 148 valence electrons. The van der Waals surface area contributed by atoms with Crippen molar-refractivity contribution in [3.63, 3.8) is 0 Å². The molecule has 5 rings (SSSR count). The van der Waals surface area contributed by atoms with E-state index in [-0.39, 0.29) is 18.7 Å². The topological polar surface area (TPSA) is 96.8 Å². The van der Waals surface area contributed by atoms with Crippen LogP contribution in [0, 0.1) is 18.8 Å². The van der Waals surface area contributed by atoms with Crippen LogP contribution in [0.3, 0.4) is 0 Å². The zero-order valence-corrected chi connectivity index (χ0v) is 16.3. The van der Waals surface area contributed by atoms with Gasteiger partial charge in [-0.2, -0.15) is 0 Å². The van der Waals surface area contributed by atoms with Crippen molar-refractivity contribution in [3.8, 4) is 11.5 Å². The molecular weight excluding hydrogens is 380 g/mol. The average Bonchev–Trinajstić information content (AvgIpc) is 3.40. The van der Waals surface area contributed by atoms with Crippen molar-refractivity contribution >= 4 is 22.4 Å². The number of aliphatic hydroxyl groups is 1. The van der Waals surface area contributed by atoms with E-state index in [1.54, 1.807) is 29.5 Å². The molecule has 8 nitrogen and oxygen atoms in total. The highest BCUT2D eigenvalue weighted by molar-refractivity contribution is 7.15. The molecule has 28 heavy (non-hydrogen) atoms. The van der Waals surface area contributed by atoms with E-state index >= 15 is 0 Å². The van der Waals surface area contributed by atoms with E-state index in [0.717, 1.165) is 29.6 Å². The largest absolute Gasteiger partial charge is 0.454 e. The van der Waals surface area contributed by atoms with Crippen molar-refractivity contribution in [1.29, 1.82) is 0 Å². The minimum absolute atomic E-state index is 0.176. The van der Waals surface area contributed by atoms with Gasteiger partial charge < -0.3 is 24.8 Å². The van der Waals surface area contributed by atoms with Crippen molar-refractivity contribution < 1.29 is 19.4 Å². The van der Waals surface area contributed by atoms with Gasteiger partial charge in [0.2, 0.25) is 11.9 Å². The number of amides is 1. The summed E-state index contributed by atoms with van der Waals surface area (Å²) >= 11 is 1.60. The zero-order chi connectivity index (χ0) is 19.3. The summed E-state index contributed by atoms with van der Waals surface area (Å²) < 4.78 is 10.6. The second kappa shape index (κ2) is 6.89. The number of nitrogens with zero attached hydrogens (tertiary/aromatic N) is 3. The van der Waals surface area contributed by atoms with E-state index in [1.807, 2.05) is 6.92 Å². The monoisotopic (exact) mass is 402 g/mol. The molecule has 0 spiro atoms. The molecule has 2 N–H and O–H groups in total. The number of ether oxygens (including phenoxy) is 2. The van der Waals surface area contributed by atoms with Crippen LogP contribution in [-0.4, -0.2) is 53.2 Å². The first kappa shape index (κ1) is 17.7. The highest BCUT2D eigenvalue weighted by Crippen LogP contribution is 2.39. The summed E-state index contributed by atoms with van der Waals surface area (Å²) in [5.41, 5.74) is 0.510. The molecule has 1 saturated heterocycles. The van der Waals surface area contributed by atoms with Gasteiger partial charge >= 0.3 is 0 Å². The number of hydrogen-bond acceptors (Lipinski definition) is 8. The molecule has 1 saturated carbocycles. The Labute approximate surface area is 166 Å². The van der Waals surface area contributed by atoms with Gasteiger partial charge in [0, 0.05) is 18.7 Å². The summed E-state index contributed by atoms with van der Waals surface area (Å²) in [5, 5.41) is 23.9. The molecule has 0 bridgehead atoms. The lowest BCUT2D eigenvalue weighted by atomic mass is 9.77. The molecule has 3 aliphatic rings. The molecule has 1 aliphatic carbocycles. The smallest absolute Gasteiger partial charge is 0.251 e. The summed E-state index contributed by atoms with van der Waals surface area (Å²) in [7, 11) is 0. The Bertz CT molecular complexity index is 904. The number of nitrogens with one attached hydrogen (secondary N) is 1. The van der Waals surface area contributed by atoms with Crippen LogP contribution < -0.4 is 19.7 Å². The molecule has 2 aromatic rings. The van der Waals surface area contributed by atoms with E-state index in [9.17, 15) is 9.90 Å². The lowest BCUT2D eigenvalue weighted by Crippen LogP contribution is -2.49. The first-order valence-corrected chi connectivity index (χ1v) is 10.3. The van der Waals surface area contributed by atoms with Crippen molar-refractivity contribution in [2.45, 2.75) is 31.9 Å². The number of anilines is 1. The maximum absolute atomic E-state index is 12.7. The second-order valence-electron chi connectivity index (χ2n) is 7.72. The molecule has 2 aliphatic heterocycles. The third-order valence-corrected chi connectivity index (χ3v) is 6.78. The van der Waals surface area contributed by atoms with Crippen LogP contribution in [0.15, 0.2) is 18.2 Å². The standard InChI is InChI=1S/C19H22N4O4S/c1-10-21-22-19(28-10)23-7-12-4-14(15(24)5-13(12)8-23)20-18(25)11-2-3-16-17(6-11)27-9-26-16/h2-3,6,12-15,24H,4-5,7-9H2,1H3,(H,20,25)/t12-,13+,14-,15-/m0/s1. The Morgan fingerprint density at radius 1 is 1.21 bits per heavy atom. The average molecular weight is 402 g/mol. The van der Waals surface area contributed by atoms with E-state index in [4.69, 9.17) is 9.47 Å². The van der Waals surface area contributed by atoms with Gasteiger partial charge in [0.05, 0.1) is 12.1 Å². The minimum atomic E-state index is -0.546. The number of benzene rings is 1. The number of fused-ring (bicyclic) bond motifs is 2. The predicted molar refractivity (Wildman–Crippen MR) is 103 cm³/mol. The van der Waals surface area contributed by atoms with Gasteiger partial charge in [0.15, 0.2) is 11.5 Å². The van der Waals surface area contributed by atoms with E-state index in [0.29, 0.717) is 35.3 Å². The fourth-order valence-corrected chi connectivity index (χ4v) is 5.15. The Kier molecular flexibility index (Phi) is 4.36. The Balaban J connectivity index is 1.25. The molecule has 2 fully saturated rings. The van der Waals surface area contributed by atoms with E-state index in [2.05, 4.69) is 20.4 Å². The number of aryl methyl sites for hydroxylation is 1. The zero-order valence-electron chi connectivity index (χ0n) is 15.5. The van der Waals surface area contributed by atoms with Gasteiger partial charge in [0.1, 0.15) is 5.01 Å². The highest BCUT2D eigenvalue weighted by atomic mass is 32.1. The van der Waals surface area contributed by atoms with Gasteiger partial charge in [-0.15, -0.1) is 10.2 Å². The van der Waals surface area contributed by atoms with E-state index < -0.39 is 6.10 Å². The van der Waals surface area contributed by atoms with Crippen molar-refractivity contribution in [3.05, 3.63) is 28.8 Å². The maximum Gasteiger partial charge on any atom is 0.251 e. The van der Waals surface area contributed by atoms with Crippen molar-refractivity contribution in [2.24, 2.45) is 11.8 Å². The van der Waals surface area contributed by atoms with Gasteiger partial charge in [0.25, 0.3) is 5.91 Å². The summed E-state index contributed by atoms with van der Waals surface area (Å²) in [6, 6.07) is 4.89. The number of carbonyl (C=O) groups is 1. The summed E-state index contributed by atoms with van der Waals surface area (Å²) in [4.78, 5) is 15.0. The second-order valence-corrected chi connectivity index (χ2v) is 8.88. The molecule has 0 unspecified atom stereocenters. The summed E-state index contributed by atoms with van der Waals surface area (Å²) in [5.74, 6) is 1.87. The molecule has 3 heterocycles. The third-order valence-electron chi connectivity index (χ3n) is 5.88. The molecule has 9 heteroatoms. The van der Waals surface area contributed by atoms with Crippen LogP contribution >= 0.6 is 11.3 Å². The first-order valence-electron chi connectivity index (χ1n) is 9.50. The van der Waals surface area contributed by atoms with Gasteiger partial charge in [-0.25, -0.2) is 0 Å². The number of aromatic nitrogens is 2. The maximum atomic E-state index is 12.7. The predicted octanol–water partition coefficient (Wildman–Crippen LogP) is 1.58. The number of rotatable bonds is 3. The molecular formula is C19H22N4O4S. The molecule has 1 aromatic carbocycles. The number of hydrogen-bond donors (Lipinski definition) is 2. The Hall–Kier alpha value is -2.39. The minimum Gasteiger partial charge on any atom is -0.454 e. The summed E-state index contributed by atoms with van der Waals surface area (Å²) in [6.07, 6.45) is 0.900. The normalized spacial score (nSPS) is 28.3. The number of aliphatic hydroxyl groups excluding tert-OH is 1. The van der Waals surface area contributed by atoms with Crippen LogP contribution in [-0.2, 0) is 0 Å². The Morgan fingerprint density at radius 2 is 2.00 bits per heavy atom. The third kappa shape index (κ3) is 3.18. The fourth-order valence-electron chi connectivity index (χ4n) is 4.45. The number of carbonyl (C=O) groups excluding carboxylic acids is 1. The molecule has 4 atom stereocenters. The molecule has 1 amide bonds. The lowest BCUT2D eigenvalue weighted by molar-refractivity contribution is 0.0462. The van der Waals surface area contributed by atoms with Gasteiger partial charge in [-0.3, -0.25) is 4.79 Å². The lowest BCUT2D eigenvalue weighted by Gasteiger charge is -2.35. The molecule has 1 aromatic heterocycles. The Morgan fingerprint density at radius 3 is 2.79 bits per heavy atom. The van der Waals surface area contributed by atoms with Crippen molar-refractivity contribution in [2.75, 3.05) is 24.8 Å². The van der Waals surface area contributed by atoms with Crippen LogP contribution in [0.25, 0.3) is 0 Å². The SMILES string of the molecule is Cc1nnc(N2C[C@H]3C[C@H](O)[C@@H](NC(=O)c4ccc5c(c4)OCO5)C[C@H]3C2)s1. The van der Waals surface area contributed by atoms with E-state index in [1.165, 1.54) is 0 Å². The highest BCUT2D eigenvalue weighted by Gasteiger charge is 2.43. The fraction of sp³-hybridized carbons (Fsp3) is 0.526. The first-order chi connectivity index (χ1) is 13.6. The molecule has 0 radical (unpaired) electrons. The van der Waals surface area contributed by atoms with Crippen molar-refractivity contribution in [1.82, 2.24) is 15.5 Å². The van der Waals surface area contributed by atoms with Crippen LogP contribution in [0.2, 0.25) is 0 Å². The quantitative estimate of drug-likeness (QED) is 0.805. The summed E-state index contributed by atoms with van der Waals surface area (Å²) in [6.45, 7) is 3.91. The van der Waals surface area contributed by atoms with Gasteiger partial charge in [-0.1, -0.05) is 11.3 Å². The van der Waals surface area contributed by atoms with Crippen LogP contribution in [0.4, 0.5) is 5.13 Å².